The van der Waals surface area contributed by atoms with Gasteiger partial charge < -0.3 is 37.2 Å². The Kier molecular flexibility index (Phi) is 18.9. The predicted molar refractivity (Wildman–Crippen MR) is 267 cm³/mol. The number of allylic oxidation sites excluding steroid dienone is 4. The Morgan fingerprint density at radius 3 is 0.694 bits per heavy atom. The monoisotopic (exact) mass is 961 g/mol. The molecule has 0 radical (unpaired) electrons. The smallest absolute Gasteiger partial charge is 1.00 e. The van der Waals surface area contributed by atoms with E-state index in [1.54, 1.807) is 0 Å². The molecule has 344 valence electrons. The first-order valence-electron chi connectivity index (χ1n) is 20.8. The summed E-state index contributed by atoms with van der Waals surface area (Å²) in [6.45, 7) is 16.7. The van der Waals surface area contributed by atoms with E-state index in [4.69, 9.17) is 0 Å². The maximum absolute atomic E-state index is 3.52. The molecule has 1 aliphatic carbocycles. The van der Waals surface area contributed by atoms with Gasteiger partial charge in [0.2, 0.25) is 0 Å². The van der Waals surface area contributed by atoms with Gasteiger partial charge in [0.15, 0.2) is 0 Å². The van der Waals surface area contributed by atoms with Crippen molar-refractivity contribution < 1.29 is 57.7 Å². The first-order valence-corrected chi connectivity index (χ1v) is 23.6. The summed E-state index contributed by atoms with van der Waals surface area (Å²) in [6, 6.07) is 7.85. The second-order valence-corrected chi connectivity index (χ2v) is 24.7. The standard InChI is InChI=1S/C48H78N9Si.3ClH.Ti/c1-29-30(2)32(4)48(31(29)3)58(39-26-36(49(8)9)42(52(14)15)33(5)45(39)55(20)21,40-27-37(50(10)11)43(53(16)17)34(6)46(40)56(22)23)41-28-38(51(12)13)44(54(18)19)35(7)47(41)57(24)25;;;;/h26-28H,1-25H3;3*1H;/q;;;;+3/p-3. The number of hydrogen-bond donors (Lipinski definition) is 0. The second kappa shape index (κ2) is 20.5. The zero-order valence-corrected chi connectivity index (χ0v) is 47.7. The van der Waals surface area contributed by atoms with Crippen LogP contribution in [-0.4, -0.2) is 135 Å². The molecule has 3 aromatic rings. The maximum Gasteiger partial charge on any atom is -1.00 e. The predicted octanol–water partition coefficient (Wildman–Crippen LogP) is -2.38. The summed E-state index contributed by atoms with van der Waals surface area (Å²) in [4.78, 5) is 21.2. The van der Waals surface area contributed by atoms with Crippen molar-refractivity contribution in [3.05, 3.63) is 57.2 Å². The third-order valence-corrected chi connectivity index (χ3v) is 21.6. The van der Waals surface area contributed by atoms with Crippen LogP contribution in [0.5, 0.6) is 0 Å². The van der Waals surface area contributed by atoms with Gasteiger partial charge in [-0.15, -0.1) is 0 Å². The second-order valence-electron chi connectivity index (χ2n) is 18.8. The number of hydrogen-bond acceptors (Lipinski definition) is 9. The zero-order chi connectivity index (χ0) is 45.3. The molecule has 1 aliphatic rings. The Hall–Kier alpha value is -2.86. The van der Waals surface area contributed by atoms with Crippen molar-refractivity contribution in [2.75, 3.05) is 171 Å². The van der Waals surface area contributed by atoms with Crippen LogP contribution in [0.4, 0.5) is 51.2 Å². The Morgan fingerprint density at radius 1 is 0.339 bits per heavy atom. The third kappa shape index (κ3) is 8.67. The minimum Gasteiger partial charge on any atom is -1.00 e. The minimum absolute atomic E-state index is 0. The summed E-state index contributed by atoms with van der Waals surface area (Å²) in [6.07, 6.45) is 0. The van der Waals surface area contributed by atoms with Crippen molar-refractivity contribution in [3.8, 4) is 0 Å². The summed E-state index contributed by atoms with van der Waals surface area (Å²) < 4.78 is -0.400. The summed E-state index contributed by atoms with van der Waals surface area (Å²) in [5, 5.41) is 4.27. The Labute approximate surface area is 409 Å². The van der Waals surface area contributed by atoms with Crippen LogP contribution in [0, 0.1) is 20.8 Å². The van der Waals surface area contributed by atoms with Gasteiger partial charge in [-0.2, -0.15) is 0 Å². The SMILES string of the molecule is CC1=C(C)[C]([Ti+3])([Si](c2cc(N(C)C)c(N(C)C)c(C)c2N(C)C)(c2cc(N(C)C)c(N(C)C)c(C)c2N(C)C)c2cc(N(C)C)c(N(C)C)c(C)c2N(C)C)C(C)=C1C.[Cl-].[Cl-].[Cl-]. The largest absolute Gasteiger partial charge is 1.00 e. The molecule has 0 aromatic heterocycles. The topological polar surface area (TPSA) is 29.2 Å². The maximum atomic E-state index is 2.63. The molecule has 0 spiro atoms. The van der Waals surface area contributed by atoms with Gasteiger partial charge in [-0.05, 0) is 0 Å². The molecule has 3 aromatic carbocycles. The molecule has 0 fully saturated rings. The normalized spacial score (nSPS) is 13.3. The molecule has 62 heavy (non-hydrogen) atoms. The first-order chi connectivity index (χ1) is 27.1. The number of benzene rings is 3. The molecule has 14 heteroatoms. The zero-order valence-electron chi connectivity index (χ0n) is 42.9. The average Bonchev–Trinajstić information content (AvgIpc) is 3.25. The Bertz CT molecular complexity index is 1970. The molecule has 9 nitrogen and oxygen atoms in total. The van der Waals surface area contributed by atoms with E-state index in [1.165, 1.54) is 106 Å². The Morgan fingerprint density at radius 2 is 0.532 bits per heavy atom. The summed E-state index contributed by atoms with van der Waals surface area (Å²) in [5.41, 5.74) is 20.9. The van der Waals surface area contributed by atoms with Crippen molar-refractivity contribution in [3.63, 3.8) is 0 Å². The number of anilines is 9. The van der Waals surface area contributed by atoms with Gasteiger partial charge >= 0.3 is 375 Å². The van der Waals surface area contributed by atoms with Crippen molar-refractivity contribution >= 4 is 74.8 Å². The van der Waals surface area contributed by atoms with E-state index < -0.39 is 11.4 Å². The van der Waals surface area contributed by atoms with Crippen LogP contribution in [-0.2, 0) is 20.4 Å². The van der Waals surface area contributed by atoms with Gasteiger partial charge in [0.1, 0.15) is 0 Å². The van der Waals surface area contributed by atoms with E-state index in [0.717, 1.165) is 0 Å². The molecule has 0 saturated carbocycles. The molecular weight excluding hydrogens is 885 g/mol. The van der Waals surface area contributed by atoms with Crippen molar-refractivity contribution in [1.82, 2.24) is 0 Å². The molecule has 0 saturated heterocycles. The summed E-state index contributed by atoms with van der Waals surface area (Å²) >= 11 is 2.63. The minimum atomic E-state index is -3.52. The quantitative estimate of drug-likeness (QED) is 0.138. The fourth-order valence-corrected chi connectivity index (χ4v) is 20.1. The summed E-state index contributed by atoms with van der Waals surface area (Å²) in [7, 11) is 36.5. The van der Waals surface area contributed by atoms with E-state index in [2.05, 4.69) is 258 Å². The van der Waals surface area contributed by atoms with E-state index in [9.17, 15) is 0 Å². The molecule has 4 rings (SSSR count). The number of rotatable bonds is 13. The molecule has 0 amide bonds. The molecule has 0 aliphatic heterocycles. The van der Waals surface area contributed by atoms with Crippen LogP contribution in [0.25, 0.3) is 0 Å². The Balaban J connectivity index is 0.00000641. The molecule has 0 atom stereocenters. The fraction of sp³-hybridized carbons (Fsp3) is 0.542. The van der Waals surface area contributed by atoms with Gasteiger partial charge in [0, 0.05) is 0 Å². The molecule has 0 unspecified atom stereocenters. The summed E-state index contributed by atoms with van der Waals surface area (Å²) in [5.74, 6) is 0. The van der Waals surface area contributed by atoms with Gasteiger partial charge in [-0.25, -0.2) is 0 Å². The number of halogens is 3. The third-order valence-electron chi connectivity index (χ3n) is 13.2. The molecule has 0 N–H and O–H groups in total. The van der Waals surface area contributed by atoms with Gasteiger partial charge in [0.05, 0.1) is 0 Å². The van der Waals surface area contributed by atoms with Crippen molar-refractivity contribution in [2.45, 2.75) is 51.8 Å². The van der Waals surface area contributed by atoms with Crippen molar-refractivity contribution in [2.24, 2.45) is 0 Å². The van der Waals surface area contributed by atoms with Crippen LogP contribution < -0.4 is 96.9 Å². The van der Waals surface area contributed by atoms with E-state index >= 15 is 0 Å². The van der Waals surface area contributed by atoms with Gasteiger partial charge in [-0.3, -0.25) is 0 Å². The fourth-order valence-electron chi connectivity index (χ4n) is 10.7. The molecule has 0 bridgehead atoms. The first kappa shape index (κ1) is 57.2. The van der Waals surface area contributed by atoms with E-state index in [1.807, 2.05) is 0 Å². The van der Waals surface area contributed by atoms with E-state index in [-0.39, 0.29) is 37.2 Å². The van der Waals surface area contributed by atoms with Crippen LogP contribution in [0.15, 0.2) is 40.5 Å². The average molecular weight is 964 g/mol. The van der Waals surface area contributed by atoms with Crippen LogP contribution in [0.2, 0.25) is 3.34 Å². The van der Waals surface area contributed by atoms with Gasteiger partial charge in [-0.1, -0.05) is 0 Å². The molecule has 0 heterocycles. The van der Waals surface area contributed by atoms with Crippen molar-refractivity contribution in [1.29, 1.82) is 0 Å². The van der Waals surface area contributed by atoms with Crippen LogP contribution in [0.3, 0.4) is 0 Å². The molecular formula is C48H78Cl3N9SiTi. The number of nitrogens with zero attached hydrogens (tertiary/aromatic N) is 9. The van der Waals surface area contributed by atoms with Gasteiger partial charge in [0.25, 0.3) is 0 Å². The van der Waals surface area contributed by atoms with E-state index in [0.29, 0.717) is 0 Å². The van der Waals surface area contributed by atoms with Crippen LogP contribution in [0.1, 0.15) is 44.4 Å². The van der Waals surface area contributed by atoms with Crippen LogP contribution >= 0.6 is 0 Å².